The summed E-state index contributed by atoms with van der Waals surface area (Å²) in [5.41, 5.74) is 5.56. The molecule has 36 heavy (non-hydrogen) atoms. The molecule has 1 aliphatic heterocycles. The lowest BCUT2D eigenvalue weighted by Crippen LogP contribution is -2.36. The number of aliphatic hydroxyl groups excluding tert-OH is 1. The van der Waals surface area contributed by atoms with Crippen LogP contribution >= 0.6 is 0 Å². The van der Waals surface area contributed by atoms with Gasteiger partial charge in [0.2, 0.25) is 0 Å². The SMILES string of the molecule is Cc1ccc(NC(=O)c2ccnc(C(C)(F)F)c2)cc1-c1ccc(CCCO)c(N2CCOCC2)c1. The number of aromatic nitrogens is 1. The van der Waals surface area contributed by atoms with Crippen molar-refractivity contribution in [3.8, 4) is 11.1 Å². The highest BCUT2D eigenvalue weighted by molar-refractivity contribution is 6.04. The fraction of sp³-hybridized carbons (Fsp3) is 0.357. The lowest BCUT2D eigenvalue weighted by Gasteiger charge is -2.31. The summed E-state index contributed by atoms with van der Waals surface area (Å²) in [5.74, 6) is -3.61. The number of nitrogens with zero attached hydrogens (tertiary/aromatic N) is 2. The highest BCUT2D eigenvalue weighted by atomic mass is 19.3. The van der Waals surface area contributed by atoms with Crippen LogP contribution in [0.25, 0.3) is 11.1 Å². The molecule has 2 heterocycles. The number of aliphatic hydroxyl groups is 1. The van der Waals surface area contributed by atoms with E-state index in [0.717, 1.165) is 54.9 Å². The van der Waals surface area contributed by atoms with Gasteiger partial charge in [-0.15, -0.1) is 0 Å². The van der Waals surface area contributed by atoms with Gasteiger partial charge >= 0.3 is 0 Å². The van der Waals surface area contributed by atoms with Crippen LogP contribution in [0.3, 0.4) is 0 Å². The zero-order chi connectivity index (χ0) is 25.7. The van der Waals surface area contributed by atoms with Crippen LogP contribution in [0, 0.1) is 6.92 Å². The molecule has 0 spiro atoms. The van der Waals surface area contributed by atoms with Crippen LogP contribution in [-0.4, -0.2) is 48.9 Å². The third-order valence-corrected chi connectivity index (χ3v) is 6.32. The molecule has 0 unspecified atom stereocenters. The van der Waals surface area contributed by atoms with Gasteiger partial charge in [0.15, 0.2) is 0 Å². The first-order chi connectivity index (χ1) is 17.3. The van der Waals surface area contributed by atoms with Crippen LogP contribution in [0.15, 0.2) is 54.7 Å². The van der Waals surface area contributed by atoms with Crippen LogP contribution in [-0.2, 0) is 17.1 Å². The van der Waals surface area contributed by atoms with E-state index >= 15 is 0 Å². The van der Waals surface area contributed by atoms with E-state index in [1.54, 1.807) is 6.07 Å². The van der Waals surface area contributed by atoms with Crippen molar-refractivity contribution in [3.63, 3.8) is 0 Å². The molecule has 6 nitrogen and oxygen atoms in total. The average Bonchev–Trinajstić information content (AvgIpc) is 2.88. The van der Waals surface area contributed by atoms with E-state index in [4.69, 9.17) is 4.74 Å². The second-order valence-corrected chi connectivity index (χ2v) is 9.07. The van der Waals surface area contributed by atoms with E-state index < -0.39 is 17.5 Å². The Labute approximate surface area is 209 Å². The Bertz CT molecular complexity index is 1220. The lowest BCUT2D eigenvalue weighted by molar-refractivity contribution is 0.0127. The Kier molecular flexibility index (Phi) is 7.96. The molecular weight excluding hydrogens is 464 g/mol. The largest absolute Gasteiger partial charge is 0.396 e. The summed E-state index contributed by atoms with van der Waals surface area (Å²) in [7, 11) is 0. The van der Waals surface area contributed by atoms with Crippen LogP contribution in [0.1, 0.15) is 40.5 Å². The monoisotopic (exact) mass is 495 g/mol. The lowest BCUT2D eigenvalue weighted by atomic mass is 9.96. The minimum atomic E-state index is -3.13. The van der Waals surface area contributed by atoms with Crippen LogP contribution in [0.2, 0.25) is 0 Å². The molecule has 2 N–H and O–H groups in total. The second-order valence-electron chi connectivity index (χ2n) is 9.07. The van der Waals surface area contributed by atoms with Gasteiger partial charge in [0.1, 0.15) is 5.69 Å². The Balaban J connectivity index is 1.62. The summed E-state index contributed by atoms with van der Waals surface area (Å²) in [4.78, 5) is 18.8. The molecule has 0 radical (unpaired) electrons. The van der Waals surface area contributed by atoms with Crippen molar-refractivity contribution in [1.82, 2.24) is 4.98 Å². The number of aryl methyl sites for hydroxylation is 2. The molecule has 0 bridgehead atoms. The zero-order valence-corrected chi connectivity index (χ0v) is 20.6. The molecule has 0 saturated carbocycles. The maximum Gasteiger partial charge on any atom is 0.286 e. The molecule has 1 aliphatic rings. The topological polar surface area (TPSA) is 74.7 Å². The minimum Gasteiger partial charge on any atom is -0.396 e. The second kappa shape index (κ2) is 11.1. The molecule has 2 aromatic carbocycles. The Morgan fingerprint density at radius 1 is 1.14 bits per heavy atom. The fourth-order valence-corrected chi connectivity index (χ4v) is 4.34. The molecule has 190 valence electrons. The first-order valence-corrected chi connectivity index (χ1v) is 12.1. The van der Waals surface area contributed by atoms with Crippen molar-refractivity contribution in [3.05, 3.63) is 77.1 Å². The number of halogens is 2. The van der Waals surface area contributed by atoms with Crippen molar-refractivity contribution in [2.75, 3.05) is 43.1 Å². The molecule has 3 aromatic rings. The third-order valence-electron chi connectivity index (χ3n) is 6.32. The first kappa shape index (κ1) is 25.7. The van der Waals surface area contributed by atoms with Crippen LogP contribution in [0.5, 0.6) is 0 Å². The number of pyridine rings is 1. The van der Waals surface area contributed by atoms with Crippen molar-refractivity contribution in [2.24, 2.45) is 0 Å². The van der Waals surface area contributed by atoms with E-state index in [-0.39, 0.29) is 12.2 Å². The summed E-state index contributed by atoms with van der Waals surface area (Å²) >= 11 is 0. The molecule has 1 fully saturated rings. The molecular formula is C28H31F2N3O3. The van der Waals surface area contributed by atoms with Gasteiger partial charge in [0.25, 0.3) is 11.8 Å². The Hall–Kier alpha value is -3.36. The maximum absolute atomic E-state index is 13.7. The van der Waals surface area contributed by atoms with Crippen LogP contribution in [0.4, 0.5) is 20.2 Å². The number of ether oxygens (including phenoxy) is 1. The van der Waals surface area contributed by atoms with Crippen molar-refractivity contribution in [2.45, 2.75) is 32.6 Å². The number of carbonyl (C=O) groups excluding carboxylic acids is 1. The number of anilines is 2. The summed E-state index contributed by atoms with van der Waals surface area (Å²) < 4.78 is 32.8. The van der Waals surface area contributed by atoms with Crippen molar-refractivity contribution < 1.29 is 23.4 Å². The number of nitrogens with one attached hydrogen (secondary N) is 1. The fourth-order valence-electron chi connectivity index (χ4n) is 4.34. The molecule has 1 amide bonds. The van der Waals surface area contributed by atoms with Crippen LogP contribution < -0.4 is 10.2 Å². The van der Waals surface area contributed by atoms with Gasteiger partial charge in [-0.2, -0.15) is 8.78 Å². The third kappa shape index (κ3) is 6.06. The normalized spacial score (nSPS) is 14.1. The van der Waals surface area contributed by atoms with E-state index in [1.165, 1.54) is 17.8 Å². The predicted molar refractivity (Wildman–Crippen MR) is 137 cm³/mol. The highest BCUT2D eigenvalue weighted by Gasteiger charge is 2.27. The predicted octanol–water partition coefficient (Wildman–Crippen LogP) is 5.18. The molecule has 1 saturated heterocycles. The number of alkyl halides is 2. The van der Waals surface area contributed by atoms with Gasteiger partial charge < -0.3 is 20.1 Å². The average molecular weight is 496 g/mol. The van der Waals surface area contributed by atoms with E-state index in [0.29, 0.717) is 25.3 Å². The van der Waals surface area contributed by atoms with Gasteiger partial charge in [-0.25, -0.2) is 0 Å². The molecule has 0 aliphatic carbocycles. The summed E-state index contributed by atoms with van der Waals surface area (Å²) in [6.45, 7) is 5.84. The van der Waals surface area contributed by atoms with Gasteiger partial charge in [0.05, 0.1) is 13.2 Å². The van der Waals surface area contributed by atoms with Gasteiger partial charge in [-0.1, -0.05) is 18.2 Å². The van der Waals surface area contributed by atoms with Crippen molar-refractivity contribution in [1.29, 1.82) is 0 Å². The summed E-state index contributed by atoms with van der Waals surface area (Å²) in [6, 6.07) is 14.5. The molecule has 8 heteroatoms. The Morgan fingerprint density at radius 2 is 1.92 bits per heavy atom. The number of morpholine rings is 1. The molecule has 0 atom stereocenters. The summed E-state index contributed by atoms with van der Waals surface area (Å²) in [6.07, 6.45) is 2.69. The number of rotatable bonds is 8. The number of carbonyl (C=O) groups is 1. The summed E-state index contributed by atoms with van der Waals surface area (Å²) in [5, 5.41) is 12.2. The van der Waals surface area contributed by atoms with Gasteiger partial charge in [-0.05, 0) is 72.4 Å². The zero-order valence-electron chi connectivity index (χ0n) is 20.6. The molecule has 4 rings (SSSR count). The van der Waals surface area contributed by atoms with Crippen molar-refractivity contribution >= 4 is 17.3 Å². The minimum absolute atomic E-state index is 0.117. The Morgan fingerprint density at radius 3 is 2.64 bits per heavy atom. The van der Waals surface area contributed by atoms with Gasteiger partial charge in [0, 0.05) is 49.8 Å². The number of benzene rings is 2. The van der Waals surface area contributed by atoms with Gasteiger partial charge in [-0.3, -0.25) is 9.78 Å². The molecule has 1 aromatic heterocycles. The maximum atomic E-state index is 13.7. The highest BCUT2D eigenvalue weighted by Crippen LogP contribution is 2.33. The standard InChI is InChI=1S/C28H31F2N3O3/c1-19-5-8-23(32-27(35)22-9-10-31-26(17-22)28(2,29)30)18-24(19)21-7-6-20(4-3-13-34)25(16-21)33-11-14-36-15-12-33/h5-10,16-18,34H,3-4,11-15H2,1-2H3,(H,32,35). The quantitative estimate of drug-likeness (QED) is 0.450. The number of hydrogen-bond donors (Lipinski definition) is 2. The number of hydrogen-bond acceptors (Lipinski definition) is 5. The van der Waals surface area contributed by atoms with E-state index in [9.17, 15) is 18.7 Å². The smallest absolute Gasteiger partial charge is 0.286 e. The number of amides is 1. The first-order valence-electron chi connectivity index (χ1n) is 12.1. The van der Waals surface area contributed by atoms with E-state index in [2.05, 4.69) is 33.4 Å². The van der Waals surface area contributed by atoms with E-state index in [1.807, 2.05) is 19.1 Å².